The van der Waals surface area contributed by atoms with Gasteiger partial charge in [0.2, 0.25) is 10.0 Å². The lowest BCUT2D eigenvalue weighted by atomic mass is 9.99. The molecule has 5 nitrogen and oxygen atoms in total. The maximum Gasteiger partial charge on any atom is 0.214 e. The van der Waals surface area contributed by atoms with E-state index in [4.69, 9.17) is 16.3 Å². The van der Waals surface area contributed by atoms with Crippen LogP contribution in [-0.2, 0) is 21.2 Å². The summed E-state index contributed by atoms with van der Waals surface area (Å²) in [5.41, 5.74) is 0.962. The van der Waals surface area contributed by atoms with E-state index < -0.39 is 10.0 Å². The number of hydrogen-bond acceptors (Lipinski definition) is 4. The van der Waals surface area contributed by atoms with Crippen molar-refractivity contribution < 1.29 is 13.2 Å². The Bertz CT molecular complexity index is 643. The fraction of sp³-hybridized carbons (Fsp3) is 0.647. The highest BCUT2D eigenvalue weighted by molar-refractivity contribution is 7.89. The van der Waals surface area contributed by atoms with Crippen LogP contribution in [0.1, 0.15) is 18.4 Å². The molecule has 0 aromatic heterocycles. The van der Waals surface area contributed by atoms with Gasteiger partial charge in [-0.1, -0.05) is 23.7 Å². The summed E-state index contributed by atoms with van der Waals surface area (Å²) in [5, 5.41) is 3.83. The summed E-state index contributed by atoms with van der Waals surface area (Å²) in [5.74, 6) is 0.535. The molecule has 0 unspecified atom stereocenters. The van der Waals surface area contributed by atoms with Crippen molar-refractivity contribution in [2.24, 2.45) is 5.92 Å². The summed E-state index contributed by atoms with van der Waals surface area (Å²) in [6.45, 7) is 3.60. The number of hydrogen-bond donors (Lipinski definition) is 1. The van der Waals surface area contributed by atoms with Crippen molar-refractivity contribution >= 4 is 21.6 Å². The van der Waals surface area contributed by atoms with E-state index in [0.29, 0.717) is 23.9 Å². The van der Waals surface area contributed by atoms with E-state index in [2.05, 4.69) is 5.32 Å². The third-order valence-electron chi connectivity index (χ3n) is 4.84. The second-order valence-electron chi connectivity index (χ2n) is 6.63. The Labute approximate surface area is 149 Å². The minimum Gasteiger partial charge on any atom is -0.381 e. The third-order valence-corrected chi connectivity index (χ3v) is 6.96. The van der Waals surface area contributed by atoms with E-state index in [1.165, 1.54) is 0 Å². The van der Waals surface area contributed by atoms with Gasteiger partial charge in [-0.15, -0.1) is 0 Å². The summed E-state index contributed by atoms with van der Waals surface area (Å²) in [6.07, 6.45) is 2.38. The number of nitrogens with zero attached hydrogens (tertiary/aromatic N) is 1. The predicted molar refractivity (Wildman–Crippen MR) is 95.8 cm³/mol. The maximum absolute atomic E-state index is 12.9. The van der Waals surface area contributed by atoms with E-state index in [1.807, 2.05) is 18.2 Å². The molecular weight excluding hydrogens is 348 g/mol. The van der Waals surface area contributed by atoms with Gasteiger partial charge in [0.1, 0.15) is 0 Å². The predicted octanol–water partition coefficient (Wildman–Crippen LogP) is 1.91. The van der Waals surface area contributed by atoms with Crippen molar-refractivity contribution in [2.75, 3.05) is 38.6 Å². The fourth-order valence-electron chi connectivity index (χ4n) is 3.21. The van der Waals surface area contributed by atoms with Gasteiger partial charge in [-0.25, -0.2) is 8.42 Å². The zero-order valence-electron chi connectivity index (χ0n) is 13.8. The van der Waals surface area contributed by atoms with Crippen molar-refractivity contribution in [3.8, 4) is 0 Å². The first-order valence-corrected chi connectivity index (χ1v) is 10.6. The number of ether oxygens (including phenoxy) is 1. The van der Waals surface area contributed by atoms with Crippen molar-refractivity contribution in [1.82, 2.24) is 9.62 Å². The van der Waals surface area contributed by atoms with Crippen LogP contribution in [0.2, 0.25) is 5.02 Å². The molecule has 0 aliphatic carbocycles. The molecule has 2 aliphatic heterocycles. The topological polar surface area (TPSA) is 58.6 Å². The standard InChI is InChI=1S/C17H25ClN2O3S/c18-16-3-1-2-14(10-16)6-9-24(21,22)20(17-11-19-12-17)13-15-4-7-23-8-5-15/h1-3,10,15,17,19H,4-9,11-13H2. The first-order valence-electron chi connectivity index (χ1n) is 8.57. The minimum absolute atomic E-state index is 0.0946. The van der Waals surface area contributed by atoms with E-state index in [1.54, 1.807) is 10.4 Å². The molecule has 2 fully saturated rings. The summed E-state index contributed by atoms with van der Waals surface area (Å²) < 4.78 is 33.0. The van der Waals surface area contributed by atoms with Crippen LogP contribution in [0.25, 0.3) is 0 Å². The smallest absolute Gasteiger partial charge is 0.214 e. The molecular formula is C17H25ClN2O3S. The highest BCUT2D eigenvalue weighted by atomic mass is 35.5. The van der Waals surface area contributed by atoms with Gasteiger partial charge in [0, 0.05) is 43.9 Å². The molecule has 3 rings (SSSR count). The molecule has 0 amide bonds. The molecule has 0 radical (unpaired) electrons. The number of nitrogens with one attached hydrogen (secondary N) is 1. The molecule has 2 aliphatic rings. The van der Waals surface area contributed by atoms with Crippen LogP contribution in [0.5, 0.6) is 0 Å². The average Bonchev–Trinajstić information content (AvgIpc) is 2.52. The summed E-state index contributed by atoms with van der Waals surface area (Å²) in [7, 11) is -3.28. The molecule has 2 saturated heterocycles. The molecule has 2 heterocycles. The Balaban J connectivity index is 1.65. The van der Waals surface area contributed by atoms with E-state index in [0.717, 1.165) is 44.7 Å². The second-order valence-corrected chi connectivity index (χ2v) is 9.11. The molecule has 1 aromatic rings. The van der Waals surface area contributed by atoms with Crippen LogP contribution in [-0.4, -0.2) is 57.4 Å². The van der Waals surface area contributed by atoms with Gasteiger partial charge in [0.05, 0.1) is 5.75 Å². The summed E-state index contributed by atoms with van der Waals surface area (Å²) >= 11 is 5.99. The molecule has 7 heteroatoms. The molecule has 0 atom stereocenters. The number of aryl methyl sites for hydroxylation is 1. The monoisotopic (exact) mass is 372 g/mol. The Hall–Kier alpha value is -0.660. The van der Waals surface area contributed by atoms with Crippen molar-refractivity contribution in [3.63, 3.8) is 0 Å². The minimum atomic E-state index is -3.28. The highest BCUT2D eigenvalue weighted by Crippen LogP contribution is 2.22. The Kier molecular flexibility index (Phi) is 6.16. The fourth-order valence-corrected chi connectivity index (χ4v) is 5.19. The lowest BCUT2D eigenvalue weighted by Gasteiger charge is -2.39. The molecule has 24 heavy (non-hydrogen) atoms. The summed E-state index contributed by atoms with van der Waals surface area (Å²) in [6, 6.07) is 7.52. The van der Waals surface area contributed by atoms with Gasteiger partial charge in [0.25, 0.3) is 0 Å². The number of benzene rings is 1. The Morgan fingerprint density at radius 1 is 1.25 bits per heavy atom. The molecule has 0 saturated carbocycles. The van der Waals surface area contributed by atoms with Gasteiger partial charge < -0.3 is 10.1 Å². The zero-order chi connectivity index (χ0) is 17.0. The first kappa shape index (κ1) is 18.1. The number of sulfonamides is 1. The van der Waals surface area contributed by atoms with Crippen LogP contribution in [0.15, 0.2) is 24.3 Å². The van der Waals surface area contributed by atoms with Gasteiger partial charge in [-0.2, -0.15) is 4.31 Å². The largest absolute Gasteiger partial charge is 0.381 e. The number of rotatable bonds is 7. The first-order chi connectivity index (χ1) is 11.5. The quantitative estimate of drug-likeness (QED) is 0.794. The zero-order valence-corrected chi connectivity index (χ0v) is 15.4. The number of halogens is 1. The van der Waals surface area contributed by atoms with E-state index in [-0.39, 0.29) is 11.8 Å². The highest BCUT2D eigenvalue weighted by Gasteiger charge is 2.35. The van der Waals surface area contributed by atoms with Crippen LogP contribution in [0, 0.1) is 5.92 Å². The normalized spacial score (nSPS) is 20.2. The molecule has 134 valence electrons. The van der Waals surface area contributed by atoms with Crippen molar-refractivity contribution in [1.29, 1.82) is 0 Å². The average molecular weight is 373 g/mol. The van der Waals surface area contributed by atoms with Gasteiger partial charge in [0.15, 0.2) is 0 Å². The second kappa shape index (κ2) is 8.15. The van der Waals surface area contributed by atoms with Crippen LogP contribution in [0.3, 0.4) is 0 Å². The Morgan fingerprint density at radius 2 is 2.00 bits per heavy atom. The molecule has 0 spiro atoms. The van der Waals surface area contributed by atoms with Crippen LogP contribution >= 0.6 is 11.6 Å². The Morgan fingerprint density at radius 3 is 2.62 bits per heavy atom. The van der Waals surface area contributed by atoms with Gasteiger partial charge in [-0.05, 0) is 42.9 Å². The van der Waals surface area contributed by atoms with E-state index in [9.17, 15) is 8.42 Å². The molecule has 1 aromatic carbocycles. The SMILES string of the molecule is O=S(=O)(CCc1cccc(Cl)c1)N(CC1CCOCC1)C1CNC1. The van der Waals surface area contributed by atoms with Gasteiger partial charge in [-0.3, -0.25) is 0 Å². The van der Waals surface area contributed by atoms with E-state index >= 15 is 0 Å². The lowest BCUT2D eigenvalue weighted by Crippen LogP contribution is -2.60. The third kappa shape index (κ3) is 4.70. The maximum atomic E-state index is 12.9. The molecule has 0 bridgehead atoms. The van der Waals surface area contributed by atoms with Crippen molar-refractivity contribution in [3.05, 3.63) is 34.9 Å². The molecule has 1 N–H and O–H groups in total. The lowest BCUT2D eigenvalue weighted by molar-refractivity contribution is 0.0554. The van der Waals surface area contributed by atoms with Crippen LogP contribution < -0.4 is 5.32 Å². The van der Waals surface area contributed by atoms with Crippen molar-refractivity contribution in [2.45, 2.75) is 25.3 Å². The van der Waals surface area contributed by atoms with Crippen LogP contribution in [0.4, 0.5) is 0 Å². The van der Waals surface area contributed by atoms with Gasteiger partial charge >= 0.3 is 0 Å². The summed E-state index contributed by atoms with van der Waals surface area (Å²) in [4.78, 5) is 0.